The minimum Gasteiger partial charge on any atom is -0.384 e. The van der Waals surface area contributed by atoms with Crippen molar-refractivity contribution in [2.24, 2.45) is 0 Å². The highest BCUT2D eigenvalue weighted by Gasteiger charge is 2.03. The summed E-state index contributed by atoms with van der Waals surface area (Å²) in [7, 11) is 0. The van der Waals surface area contributed by atoms with E-state index in [1.165, 1.54) is 11.3 Å². The number of thiophene rings is 1. The molecule has 0 atom stereocenters. The third-order valence-electron chi connectivity index (χ3n) is 2.50. The summed E-state index contributed by atoms with van der Waals surface area (Å²) in [5.41, 5.74) is 2.13. The second-order valence-electron chi connectivity index (χ2n) is 3.62. The molecule has 1 aromatic heterocycles. The molecule has 0 unspecified atom stereocenters. The zero-order chi connectivity index (χ0) is 12.1. The van der Waals surface area contributed by atoms with Crippen LogP contribution in [0.3, 0.4) is 0 Å². The van der Waals surface area contributed by atoms with Crippen LogP contribution in [0.25, 0.3) is 0 Å². The van der Waals surface area contributed by atoms with Gasteiger partial charge in [0.05, 0.1) is 4.88 Å². The maximum absolute atomic E-state index is 10.8. The highest BCUT2D eigenvalue weighted by atomic mass is 32.1. The highest BCUT2D eigenvalue weighted by Crippen LogP contribution is 2.19. The van der Waals surface area contributed by atoms with Crippen molar-refractivity contribution in [3.05, 3.63) is 46.2 Å². The lowest BCUT2D eigenvalue weighted by molar-refractivity contribution is 0.112. The Kier molecular flexibility index (Phi) is 4.23. The van der Waals surface area contributed by atoms with Crippen LogP contribution in [0.2, 0.25) is 0 Å². The molecule has 2 rings (SSSR count). The third kappa shape index (κ3) is 3.11. The first-order valence-corrected chi connectivity index (χ1v) is 6.67. The average molecular weight is 263 g/mol. The van der Waals surface area contributed by atoms with Crippen molar-refractivity contribution >= 4 is 35.9 Å². The van der Waals surface area contributed by atoms with E-state index in [-0.39, 0.29) is 0 Å². The van der Waals surface area contributed by atoms with E-state index in [0.29, 0.717) is 0 Å². The van der Waals surface area contributed by atoms with Crippen LogP contribution >= 0.6 is 24.0 Å². The summed E-state index contributed by atoms with van der Waals surface area (Å²) in [5.74, 6) is 0. The van der Waals surface area contributed by atoms with E-state index in [1.54, 1.807) is 0 Å². The summed E-state index contributed by atoms with van der Waals surface area (Å²) in [4.78, 5) is 12.5. The number of thiol groups is 1. The molecule has 17 heavy (non-hydrogen) atoms. The van der Waals surface area contributed by atoms with Gasteiger partial charge in [-0.05, 0) is 35.6 Å². The molecule has 0 amide bonds. The normalized spacial score (nSPS) is 10.2. The molecule has 0 aliphatic carbocycles. The fraction of sp³-hybridized carbons (Fsp3) is 0.154. The van der Waals surface area contributed by atoms with Gasteiger partial charge in [0.2, 0.25) is 0 Å². The predicted octanol–water partition coefficient (Wildman–Crippen LogP) is 3.50. The van der Waals surface area contributed by atoms with E-state index in [0.717, 1.165) is 40.3 Å². The summed E-state index contributed by atoms with van der Waals surface area (Å²) in [5, 5.41) is 5.26. The van der Waals surface area contributed by atoms with Gasteiger partial charge in [0.15, 0.2) is 6.29 Å². The van der Waals surface area contributed by atoms with Crippen molar-refractivity contribution in [2.75, 3.05) is 11.9 Å². The van der Waals surface area contributed by atoms with Crippen LogP contribution in [-0.2, 0) is 6.42 Å². The van der Waals surface area contributed by atoms with Gasteiger partial charge in [-0.1, -0.05) is 12.1 Å². The maximum Gasteiger partial charge on any atom is 0.160 e. The number of aldehydes is 1. The van der Waals surface area contributed by atoms with Crippen LogP contribution in [0.1, 0.15) is 15.2 Å². The van der Waals surface area contributed by atoms with Gasteiger partial charge in [0.25, 0.3) is 0 Å². The highest BCUT2D eigenvalue weighted by molar-refractivity contribution is 7.80. The minimum absolute atomic E-state index is 0.801. The SMILES string of the molecule is O=Cc1sccc1CCNc1ccccc1S. The lowest BCUT2D eigenvalue weighted by Gasteiger charge is -2.08. The number of carbonyl (C=O) groups is 1. The molecule has 1 aromatic carbocycles. The van der Waals surface area contributed by atoms with Crippen LogP contribution in [-0.4, -0.2) is 12.8 Å². The molecule has 0 radical (unpaired) electrons. The Bertz CT molecular complexity index is 508. The first-order valence-electron chi connectivity index (χ1n) is 5.34. The summed E-state index contributed by atoms with van der Waals surface area (Å²) >= 11 is 5.86. The van der Waals surface area contributed by atoms with Crippen LogP contribution in [0, 0.1) is 0 Å². The number of anilines is 1. The van der Waals surface area contributed by atoms with E-state index < -0.39 is 0 Å². The van der Waals surface area contributed by atoms with Gasteiger partial charge < -0.3 is 5.32 Å². The summed E-state index contributed by atoms with van der Waals surface area (Å²) in [6.07, 6.45) is 1.77. The first-order chi connectivity index (χ1) is 8.31. The molecule has 1 heterocycles. The van der Waals surface area contributed by atoms with E-state index in [2.05, 4.69) is 17.9 Å². The van der Waals surface area contributed by atoms with Gasteiger partial charge in [-0.15, -0.1) is 24.0 Å². The predicted molar refractivity (Wildman–Crippen MR) is 75.6 cm³/mol. The number of carbonyl (C=O) groups excluding carboxylic acids is 1. The molecule has 1 N–H and O–H groups in total. The minimum atomic E-state index is 0.801. The number of benzene rings is 1. The summed E-state index contributed by atoms with van der Waals surface area (Å²) in [6.45, 7) is 0.801. The molecule has 88 valence electrons. The fourth-order valence-corrected chi connectivity index (χ4v) is 2.61. The molecule has 0 fully saturated rings. The number of hydrogen-bond donors (Lipinski definition) is 2. The first kappa shape index (κ1) is 12.2. The Morgan fingerprint density at radius 2 is 2.12 bits per heavy atom. The van der Waals surface area contributed by atoms with Crippen molar-refractivity contribution in [3.63, 3.8) is 0 Å². The number of nitrogens with one attached hydrogen (secondary N) is 1. The van der Waals surface area contributed by atoms with Gasteiger partial charge in [0.1, 0.15) is 0 Å². The van der Waals surface area contributed by atoms with Crippen molar-refractivity contribution in [3.8, 4) is 0 Å². The molecular formula is C13H13NOS2. The van der Waals surface area contributed by atoms with Crippen molar-refractivity contribution in [1.29, 1.82) is 0 Å². The lowest BCUT2D eigenvalue weighted by atomic mass is 10.2. The summed E-state index contributed by atoms with van der Waals surface area (Å²) in [6, 6.07) is 9.88. The molecule has 0 spiro atoms. The van der Waals surface area contributed by atoms with Crippen LogP contribution < -0.4 is 5.32 Å². The van der Waals surface area contributed by atoms with Crippen molar-refractivity contribution in [1.82, 2.24) is 0 Å². The zero-order valence-corrected chi connectivity index (χ0v) is 10.9. The Hall–Kier alpha value is -1.26. The molecule has 0 aliphatic rings. The molecule has 4 heteroatoms. The van der Waals surface area contributed by atoms with E-state index in [9.17, 15) is 4.79 Å². The smallest absolute Gasteiger partial charge is 0.160 e. The molecular weight excluding hydrogens is 250 g/mol. The average Bonchev–Trinajstić information content (AvgIpc) is 2.79. The standard InChI is InChI=1S/C13H13NOS2/c15-9-13-10(6-8-17-13)5-7-14-11-3-1-2-4-12(11)16/h1-4,6,8-9,14,16H,5,7H2. The van der Waals surface area contributed by atoms with Crippen molar-refractivity contribution in [2.45, 2.75) is 11.3 Å². The van der Waals surface area contributed by atoms with Crippen LogP contribution in [0.5, 0.6) is 0 Å². The lowest BCUT2D eigenvalue weighted by Crippen LogP contribution is -2.05. The zero-order valence-electron chi connectivity index (χ0n) is 9.22. The number of para-hydroxylation sites is 1. The fourth-order valence-electron chi connectivity index (χ4n) is 1.61. The van der Waals surface area contributed by atoms with E-state index in [4.69, 9.17) is 0 Å². The molecule has 0 aliphatic heterocycles. The topological polar surface area (TPSA) is 29.1 Å². The van der Waals surface area contributed by atoms with Gasteiger partial charge in [0, 0.05) is 17.1 Å². The quantitative estimate of drug-likeness (QED) is 0.638. The molecule has 0 bridgehead atoms. The van der Waals surface area contributed by atoms with Crippen LogP contribution in [0.15, 0.2) is 40.6 Å². The largest absolute Gasteiger partial charge is 0.384 e. The maximum atomic E-state index is 10.8. The Labute approximate surface area is 110 Å². The Morgan fingerprint density at radius 3 is 2.88 bits per heavy atom. The second-order valence-corrected chi connectivity index (χ2v) is 5.05. The Morgan fingerprint density at radius 1 is 1.29 bits per heavy atom. The van der Waals surface area contributed by atoms with Crippen molar-refractivity contribution < 1.29 is 4.79 Å². The second kappa shape index (κ2) is 5.89. The van der Waals surface area contributed by atoms with Crippen LogP contribution in [0.4, 0.5) is 5.69 Å². The van der Waals surface area contributed by atoms with E-state index in [1.807, 2.05) is 35.7 Å². The van der Waals surface area contributed by atoms with Gasteiger partial charge in [-0.3, -0.25) is 4.79 Å². The third-order valence-corrected chi connectivity index (χ3v) is 3.78. The van der Waals surface area contributed by atoms with Gasteiger partial charge >= 0.3 is 0 Å². The van der Waals surface area contributed by atoms with E-state index >= 15 is 0 Å². The summed E-state index contributed by atoms with van der Waals surface area (Å²) < 4.78 is 0. The molecule has 2 nitrogen and oxygen atoms in total. The number of hydrogen-bond acceptors (Lipinski definition) is 4. The number of rotatable bonds is 5. The monoisotopic (exact) mass is 263 g/mol. The molecule has 0 saturated carbocycles. The van der Waals surface area contributed by atoms with Gasteiger partial charge in [-0.2, -0.15) is 0 Å². The van der Waals surface area contributed by atoms with Gasteiger partial charge in [-0.25, -0.2) is 0 Å². The molecule has 0 saturated heterocycles. The Balaban J connectivity index is 1.92. The molecule has 2 aromatic rings.